The molecule has 0 aliphatic carbocycles. The van der Waals surface area contributed by atoms with Crippen LogP contribution in [-0.4, -0.2) is 303 Å². The standard InChI is InChI=1S/C67H99N7O34/c1-36(75)71-57-61(103-45(10)84)59(101-43(8)82)53(34-98-40(5)79)105-64(57)94-26-23-91-20-17-68-55(88)31-74(32-56(89)69-18-21-92-25-28-96-66-67(73-38(3)77,108-47(12)86)30-51(100-42(7)81)52(107-66)33-97-39(4)78)50(29-48-13-15-49(87)16-14-48)63(90)70-19-22-93-24-27-95-65-58(72-37(2)76)62(104-46(11)85)60(102-44(9)83)54(106-65)35-99-41(6)80/h13-16,50-54,57-62,64-66,87H,17-35H2,1-12H3,(H,68,88)(H,69,89)(H,70,90)(H,71,75)(H,72,76)(H,73,77). The van der Waals surface area contributed by atoms with E-state index in [1.54, 1.807) is 0 Å². The summed E-state index contributed by atoms with van der Waals surface area (Å²) in [6, 6.07) is 1.92. The molecule has 15 atom stereocenters. The Morgan fingerprint density at radius 3 is 1.24 bits per heavy atom. The van der Waals surface area contributed by atoms with E-state index >= 15 is 0 Å². The Hall–Kier alpha value is -9.33. The van der Waals surface area contributed by atoms with Crippen molar-refractivity contribution in [1.29, 1.82) is 0 Å². The number of amides is 6. The minimum absolute atomic E-state index is 0.109. The molecule has 0 radical (unpaired) electrons. The summed E-state index contributed by atoms with van der Waals surface area (Å²) < 4.78 is 101. The van der Waals surface area contributed by atoms with Gasteiger partial charge in [-0.3, -0.25) is 76.8 Å². The second-order valence-electron chi connectivity index (χ2n) is 24.5. The summed E-state index contributed by atoms with van der Waals surface area (Å²) in [5.41, 5.74) is -1.58. The first-order valence-electron chi connectivity index (χ1n) is 34.2. The van der Waals surface area contributed by atoms with Crippen molar-refractivity contribution >= 4 is 89.2 Å². The topological polar surface area (TPSA) is 518 Å². The summed E-state index contributed by atoms with van der Waals surface area (Å²) in [7, 11) is 0. The van der Waals surface area contributed by atoms with Gasteiger partial charge in [-0.1, -0.05) is 12.1 Å². The number of aromatic hydroxyl groups is 1. The van der Waals surface area contributed by atoms with Gasteiger partial charge in [0.05, 0.1) is 85.0 Å². The van der Waals surface area contributed by atoms with Crippen molar-refractivity contribution in [3.8, 4) is 5.75 Å². The summed E-state index contributed by atoms with van der Waals surface area (Å²) in [6.07, 6.45) is -15.3. The normalized spacial score (nSPS) is 24.0. The van der Waals surface area contributed by atoms with E-state index in [1.165, 1.54) is 43.0 Å². The highest BCUT2D eigenvalue weighted by molar-refractivity contribution is 5.86. The molecule has 0 aromatic heterocycles. The molecule has 3 heterocycles. The first-order valence-corrected chi connectivity index (χ1v) is 34.2. The maximum absolute atomic E-state index is 14.5. The fourth-order valence-electron chi connectivity index (χ4n) is 11.2. The van der Waals surface area contributed by atoms with E-state index in [2.05, 4.69) is 31.9 Å². The van der Waals surface area contributed by atoms with Gasteiger partial charge in [-0.05, 0) is 24.1 Å². The van der Waals surface area contributed by atoms with Crippen LogP contribution in [0.2, 0.25) is 0 Å². The number of hydrogen-bond donors (Lipinski definition) is 7. The van der Waals surface area contributed by atoms with E-state index < -0.39 is 220 Å². The Balaban J connectivity index is 1.51. The van der Waals surface area contributed by atoms with Gasteiger partial charge in [0.25, 0.3) is 0 Å². The molecule has 1 aromatic carbocycles. The van der Waals surface area contributed by atoms with Gasteiger partial charge in [-0.2, -0.15) is 0 Å². The lowest BCUT2D eigenvalue weighted by atomic mass is 9.96. The number of nitrogens with zero attached hydrogens (tertiary/aromatic N) is 1. The van der Waals surface area contributed by atoms with Crippen LogP contribution < -0.4 is 31.9 Å². The molecule has 15 unspecified atom stereocenters. The third-order valence-electron chi connectivity index (χ3n) is 15.2. The zero-order valence-electron chi connectivity index (χ0n) is 62.2. The first kappa shape index (κ1) is 91.1. The Labute approximate surface area is 621 Å². The number of rotatable bonds is 44. The molecule has 6 amide bonds. The summed E-state index contributed by atoms with van der Waals surface area (Å²) in [5.74, 6) is -11.2. The van der Waals surface area contributed by atoms with Crippen LogP contribution in [-0.2, 0) is 164 Å². The molecule has 3 aliphatic rings. The number of carbonyl (C=O) groups is 15. The summed E-state index contributed by atoms with van der Waals surface area (Å²) in [6.45, 7) is 8.39. The van der Waals surface area contributed by atoms with E-state index in [1.807, 2.05) is 0 Å². The molecular formula is C67H99N7O34. The molecule has 606 valence electrons. The minimum atomic E-state index is -2.06. The lowest BCUT2D eigenvalue weighted by Gasteiger charge is -2.47. The largest absolute Gasteiger partial charge is 0.508 e. The Morgan fingerprint density at radius 2 is 0.852 bits per heavy atom. The van der Waals surface area contributed by atoms with Gasteiger partial charge in [0.2, 0.25) is 47.5 Å². The number of hydrogen-bond acceptors (Lipinski definition) is 35. The Kier molecular flexibility index (Phi) is 39.4. The highest BCUT2D eigenvalue weighted by atomic mass is 16.7. The molecule has 41 heteroatoms. The molecule has 3 aliphatic heterocycles. The molecule has 0 spiro atoms. The molecular weight excluding hydrogens is 1450 g/mol. The van der Waals surface area contributed by atoms with Crippen LogP contribution in [0.5, 0.6) is 5.75 Å². The van der Waals surface area contributed by atoms with Crippen LogP contribution in [0.25, 0.3) is 0 Å². The van der Waals surface area contributed by atoms with E-state index in [0.29, 0.717) is 5.56 Å². The van der Waals surface area contributed by atoms with E-state index in [0.717, 1.165) is 69.2 Å². The van der Waals surface area contributed by atoms with Crippen LogP contribution in [0.4, 0.5) is 0 Å². The number of ether oxygens (including phenoxy) is 18. The van der Waals surface area contributed by atoms with Crippen LogP contribution in [0.1, 0.15) is 95.1 Å². The van der Waals surface area contributed by atoms with Gasteiger partial charge in [-0.25, -0.2) is 0 Å². The first-order chi connectivity index (χ1) is 51.1. The van der Waals surface area contributed by atoms with Gasteiger partial charge in [0.15, 0.2) is 37.0 Å². The maximum atomic E-state index is 14.5. The van der Waals surface area contributed by atoms with Crippen molar-refractivity contribution in [2.24, 2.45) is 0 Å². The number of esters is 9. The fourth-order valence-corrected chi connectivity index (χ4v) is 11.2. The predicted octanol–water partition coefficient (Wildman–Crippen LogP) is -3.63. The number of benzene rings is 1. The van der Waals surface area contributed by atoms with Crippen molar-refractivity contribution in [1.82, 2.24) is 36.8 Å². The molecule has 0 bridgehead atoms. The molecule has 4 rings (SSSR count). The number of nitrogens with one attached hydrogen (secondary N) is 6. The average molecular weight is 1550 g/mol. The molecule has 7 N–H and O–H groups in total. The predicted molar refractivity (Wildman–Crippen MR) is 358 cm³/mol. The second kappa shape index (κ2) is 46.8. The van der Waals surface area contributed by atoms with Crippen LogP contribution >= 0.6 is 0 Å². The van der Waals surface area contributed by atoms with Gasteiger partial charge in [0, 0.05) is 103 Å². The smallest absolute Gasteiger partial charge is 0.304 e. The van der Waals surface area contributed by atoms with Crippen molar-refractivity contribution in [2.45, 2.75) is 187 Å². The molecule has 0 saturated carbocycles. The Morgan fingerprint density at radius 1 is 0.454 bits per heavy atom. The zero-order chi connectivity index (χ0) is 80.2. The summed E-state index contributed by atoms with van der Waals surface area (Å²) >= 11 is 0. The maximum Gasteiger partial charge on any atom is 0.304 e. The van der Waals surface area contributed by atoms with Crippen molar-refractivity contribution in [2.75, 3.05) is 112 Å². The lowest BCUT2D eigenvalue weighted by molar-refractivity contribution is -0.320. The van der Waals surface area contributed by atoms with Gasteiger partial charge in [0.1, 0.15) is 62.1 Å². The zero-order valence-corrected chi connectivity index (χ0v) is 62.2. The fraction of sp³-hybridized carbons (Fsp3) is 0.687. The van der Waals surface area contributed by atoms with Gasteiger partial charge >= 0.3 is 53.7 Å². The van der Waals surface area contributed by atoms with Crippen LogP contribution in [0.3, 0.4) is 0 Å². The van der Waals surface area contributed by atoms with Gasteiger partial charge < -0.3 is 122 Å². The number of phenolic OH excluding ortho intramolecular Hbond substituents is 1. The lowest BCUT2D eigenvalue weighted by Crippen LogP contribution is -2.68. The molecule has 41 nitrogen and oxygen atoms in total. The highest BCUT2D eigenvalue weighted by Gasteiger charge is 2.56. The van der Waals surface area contributed by atoms with Crippen molar-refractivity contribution in [3.63, 3.8) is 0 Å². The summed E-state index contributed by atoms with van der Waals surface area (Å²) in [5, 5.41) is 26.0. The average Bonchev–Trinajstić information content (AvgIpc) is 0.798. The summed E-state index contributed by atoms with van der Waals surface area (Å²) in [4.78, 5) is 190. The van der Waals surface area contributed by atoms with Crippen LogP contribution in [0.15, 0.2) is 24.3 Å². The monoisotopic (exact) mass is 1550 g/mol. The number of carbonyl (C=O) groups excluding carboxylic acids is 15. The molecule has 108 heavy (non-hydrogen) atoms. The molecule has 3 saturated heterocycles. The second-order valence-corrected chi connectivity index (χ2v) is 24.5. The van der Waals surface area contributed by atoms with E-state index in [-0.39, 0.29) is 91.3 Å². The Bertz CT molecular complexity index is 3180. The quantitative estimate of drug-likeness (QED) is 0.0143. The van der Waals surface area contributed by atoms with Crippen molar-refractivity contribution in [3.05, 3.63) is 29.8 Å². The van der Waals surface area contributed by atoms with E-state index in [9.17, 15) is 77.0 Å². The third kappa shape index (κ3) is 33.4. The highest BCUT2D eigenvalue weighted by Crippen LogP contribution is 2.35. The van der Waals surface area contributed by atoms with Crippen molar-refractivity contribution < 1.29 is 162 Å². The van der Waals surface area contributed by atoms with E-state index in [4.69, 9.17) is 85.3 Å². The van der Waals surface area contributed by atoms with Gasteiger partial charge in [-0.15, -0.1) is 0 Å². The number of phenols is 1. The minimum Gasteiger partial charge on any atom is -0.508 e. The molecule has 3 fully saturated rings. The molecule has 1 aromatic rings. The SMILES string of the molecule is CC(=O)NC1C(OCCOCCNC(=O)CN(CC(=O)NCCOCCOC2OC(COC(C)=O)C(OC(C)=O)CC2(NC(C)=O)OC(C)=O)C(Cc2ccc(O)cc2)C(=O)NCCOCCOC2OC(COC(C)=O)C(OC(C)=O)C(OC(C)=O)C2NC(C)=O)OC(COC(C)=O)C(OC(C)=O)C1OC(C)=O. The third-order valence-corrected chi connectivity index (χ3v) is 15.2. The van der Waals surface area contributed by atoms with Crippen LogP contribution in [0, 0.1) is 0 Å².